The minimum absolute atomic E-state index is 0. The molecular formula is C11H21BrN2. The molecular weight excluding hydrogens is 240 g/mol. The van der Waals surface area contributed by atoms with E-state index in [1.54, 1.807) is 0 Å². The Morgan fingerprint density at radius 3 is 2.64 bits per heavy atom. The fourth-order valence-electron chi connectivity index (χ4n) is 1.55. The van der Waals surface area contributed by atoms with Crippen molar-refractivity contribution < 1.29 is 0 Å². The van der Waals surface area contributed by atoms with Crippen LogP contribution < -0.4 is 0 Å². The van der Waals surface area contributed by atoms with Crippen LogP contribution in [0.1, 0.15) is 52.0 Å². The van der Waals surface area contributed by atoms with Crippen LogP contribution in [0.3, 0.4) is 0 Å². The lowest BCUT2D eigenvalue weighted by Gasteiger charge is -2.11. The van der Waals surface area contributed by atoms with Gasteiger partial charge >= 0.3 is 0 Å². The van der Waals surface area contributed by atoms with Gasteiger partial charge in [-0.15, -0.1) is 17.0 Å². The van der Waals surface area contributed by atoms with Crippen LogP contribution in [0.4, 0.5) is 0 Å². The summed E-state index contributed by atoms with van der Waals surface area (Å²) in [6.45, 7) is 4.51. The molecule has 0 amide bonds. The van der Waals surface area contributed by atoms with Crippen molar-refractivity contribution in [2.24, 2.45) is 0 Å². The van der Waals surface area contributed by atoms with Crippen LogP contribution >= 0.6 is 17.0 Å². The number of imidazole rings is 1. The molecule has 0 aromatic carbocycles. The van der Waals surface area contributed by atoms with Gasteiger partial charge in [0.15, 0.2) is 0 Å². The number of nitrogens with zero attached hydrogens (tertiary/aromatic N) is 2. The second-order valence-corrected chi connectivity index (χ2v) is 3.71. The molecule has 1 rings (SSSR count). The average Bonchev–Trinajstić information content (AvgIpc) is 2.65. The molecule has 0 aliphatic heterocycles. The normalized spacial score (nSPS) is 12.1. The third-order valence-corrected chi connectivity index (χ3v) is 2.51. The SMILES string of the molecule is Br.CCCCCCC(C)n1ccnc1. The van der Waals surface area contributed by atoms with E-state index in [-0.39, 0.29) is 17.0 Å². The van der Waals surface area contributed by atoms with E-state index < -0.39 is 0 Å². The summed E-state index contributed by atoms with van der Waals surface area (Å²) >= 11 is 0. The summed E-state index contributed by atoms with van der Waals surface area (Å²) < 4.78 is 2.19. The number of halogens is 1. The minimum Gasteiger partial charge on any atom is -0.335 e. The van der Waals surface area contributed by atoms with Gasteiger partial charge in [-0.1, -0.05) is 32.6 Å². The highest BCUT2D eigenvalue weighted by Gasteiger charge is 2.01. The van der Waals surface area contributed by atoms with Crippen LogP contribution in [-0.4, -0.2) is 9.55 Å². The Morgan fingerprint density at radius 1 is 1.29 bits per heavy atom. The number of rotatable bonds is 6. The summed E-state index contributed by atoms with van der Waals surface area (Å²) in [4.78, 5) is 4.05. The lowest BCUT2D eigenvalue weighted by atomic mass is 10.1. The molecule has 0 saturated heterocycles. The molecule has 0 saturated carbocycles. The summed E-state index contributed by atoms with van der Waals surface area (Å²) in [6.07, 6.45) is 12.5. The van der Waals surface area contributed by atoms with Gasteiger partial charge in [-0.2, -0.15) is 0 Å². The van der Waals surface area contributed by atoms with E-state index in [1.807, 2.05) is 18.7 Å². The summed E-state index contributed by atoms with van der Waals surface area (Å²) in [6, 6.07) is 0.611. The molecule has 2 nitrogen and oxygen atoms in total. The van der Waals surface area contributed by atoms with Gasteiger partial charge < -0.3 is 4.57 Å². The van der Waals surface area contributed by atoms with Gasteiger partial charge in [-0.3, -0.25) is 0 Å². The van der Waals surface area contributed by atoms with Gasteiger partial charge in [0.25, 0.3) is 0 Å². The fourth-order valence-corrected chi connectivity index (χ4v) is 1.55. The van der Waals surface area contributed by atoms with Crippen LogP contribution in [0.2, 0.25) is 0 Å². The molecule has 1 heterocycles. The Labute approximate surface area is 97.5 Å². The van der Waals surface area contributed by atoms with Crippen LogP contribution in [0, 0.1) is 0 Å². The summed E-state index contributed by atoms with van der Waals surface area (Å²) in [5.41, 5.74) is 0. The summed E-state index contributed by atoms with van der Waals surface area (Å²) in [5.74, 6) is 0. The van der Waals surface area contributed by atoms with E-state index in [0.717, 1.165) is 0 Å². The second kappa shape index (κ2) is 8.04. The summed E-state index contributed by atoms with van der Waals surface area (Å²) in [7, 11) is 0. The van der Waals surface area contributed by atoms with Crippen molar-refractivity contribution >= 4 is 17.0 Å². The molecule has 14 heavy (non-hydrogen) atoms. The molecule has 0 spiro atoms. The molecule has 1 atom stereocenters. The lowest BCUT2D eigenvalue weighted by molar-refractivity contribution is 0.472. The van der Waals surface area contributed by atoms with E-state index in [0.29, 0.717) is 6.04 Å². The number of unbranched alkanes of at least 4 members (excludes halogenated alkanes) is 3. The molecule has 1 unspecified atom stereocenters. The van der Waals surface area contributed by atoms with E-state index in [4.69, 9.17) is 0 Å². The first kappa shape index (κ1) is 13.7. The van der Waals surface area contributed by atoms with Gasteiger partial charge in [0.05, 0.1) is 6.33 Å². The molecule has 3 heteroatoms. The van der Waals surface area contributed by atoms with E-state index in [2.05, 4.69) is 23.4 Å². The molecule has 0 aliphatic rings. The van der Waals surface area contributed by atoms with Crippen molar-refractivity contribution in [2.75, 3.05) is 0 Å². The van der Waals surface area contributed by atoms with Crippen molar-refractivity contribution in [1.82, 2.24) is 9.55 Å². The highest BCUT2D eigenvalue weighted by atomic mass is 79.9. The van der Waals surface area contributed by atoms with Crippen LogP contribution in [0.25, 0.3) is 0 Å². The number of aromatic nitrogens is 2. The summed E-state index contributed by atoms with van der Waals surface area (Å²) in [5, 5.41) is 0. The smallest absolute Gasteiger partial charge is 0.0948 e. The maximum Gasteiger partial charge on any atom is 0.0948 e. The zero-order chi connectivity index (χ0) is 9.52. The number of hydrogen-bond donors (Lipinski definition) is 0. The molecule has 0 N–H and O–H groups in total. The zero-order valence-electron chi connectivity index (χ0n) is 9.15. The van der Waals surface area contributed by atoms with Crippen LogP contribution in [-0.2, 0) is 0 Å². The topological polar surface area (TPSA) is 17.8 Å². The lowest BCUT2D eigenvalue weighted by Crippen LogP contribution is -2.01. The third kappa shape index (κ3) is 4.80. The van der Waals surface area contributed by atoms with Crippen molar-refractivity contribution in [1.29, 1.82) is 0 Å². The maximum atomic E-state index is 4.05. The molecule has 0 bridgehead atoms. The Kier molecular flexibility index (Phi) is 7.86. The zero-order valence-corrected chi connectivity index (χ0v) is 10.9. The predicted octanol–water partition coefficient (Wildman–Crippen LogP) is 3.99. The van der Waals surface area contributed by atoms with E-state index >= 15 is 0 Å². The first-order chi connectivity index (χ1) is 6.34. The Hall–Kier alpha value is -0.310. The van der Waals surface area contributed by atoms with Gasteiger partial charge in [-0.25, -0.2) is 4.98 Å². The molecule has 0 fully saturated rings. The minimum atomic E-state index is 0. The van der Waals surface area contributed by atoms with Crippen LogP contribution in [0.15, 0.2) is 18.7 Å². The first-order valence-electron chi connectivity index (χ1n) is 5.32. The van der Waals surface area contributed by atoms with Crippen molar-refractivity contribution in [2.45, 2.75) is 52.0 Å². The highest BCUT2D eigenvalue weighted by Crippen LogP contribution is 2.14. The second-order valence-electron chi connectivity index (χ2n) is 3.71. The number of hydrogen-bond acceptors (Lipinski definition) is 1. The fraction of sp³-hybridized carbons (Fsp3) is 0.727. The third-order valence-electron chi connectivity index (χ3n) is 2.51. The average molecular weight is 261 g/mol. The van der Waals surface area contributed by atoms with Gasteiger partial charge in [0.2, 0.25) is 0 Å². The monoisotopic (exact) mass is 260 g/mol. The van der Waals surface area contributed by atoms with Crippen molar-refractivity contribution in [3.05, 3.63) is 18.7 Å². The predicted molar refractivity (Wildman–Crippen MR) is 66.0 cm³/mol. The van der Waals surface area contributed by atoms with Crippen LogP contribution in [0.5, 0.6) is 0 Å². The quantitative estimate of drug-likeness (QED) is 0.708. The Morgan fingerprint density at radius 2 is 2.07 bits per heavy atom. The van der Waals surface area contributed by atoms with Gasteiger partial charge in [0.1, 0.15) is 0 Å². The highest BCUT2D eigenvalue weighted by molar-refractivity contribution is 8.93. The maximum absolute atomic E-state index is 4.05. The standard InChI is InChI=1S/C11H20N2.BrH/c1-3-4-5-6-7-11(2)13-9-8-12-10-13;/h8-11H,3-7H2,1-2H3;1H. The molecule has 1 aromatic heterocycles. The van der Waals surface area contributed by atoms with Gasteiger partial charge in [-0.05, 0) is 13.3 Å². The Bertz CT molecular complexity index is 209. The van der Waals surface area contributed by atoms with E-state index in [1.165, 1.54) is 32.1 Å². The largest absolute Gasteiger partial charge is 0.335 e. The molecule has 0 aliphatic carbocycles. The van der Waals surface area contributed by atoms with Gasteiger partial charge in [0, 0.05) is 18.4 Å². The molecule has 1 aromatic rings. The van der Waals surface area contributed by atoms with Crippen molar-refractivity contribution in [3.8, 4) is 0 Å². The van der Waals surface area contributed by atoms with Crippen molar-refractivity contribution in [3.63, 3.8) is 0 Å². The van der Waals surface area contributed by atoms with E-state index in [9.17, 15) is 0 Å². The first-order valence-corrected chi connectivity index (χ1v) is 5.32. The molecule has 82 valence electrons. The molecule has 0 radical (unpaired) electrons. The Balaban J connectivity index is 0.00000169.